The quantitative estimate of drug-likeness (QED) is 0.616. The monoisotopic (exact) mass is 224 g/mol. The van der Waals surface area contributed by atoms with Crippen LogP contribution in [0.15, 0.2) is 53.5 Å². The second-order valence-corrected chi connectivity index (χ2v) is 4.10. The lowest BCUT2D eigenvalue weighted by Gasteiger charge is -2.06. The van der Waals surface area contributed by atoms with Crippen molar-refractivity contribution in [3.63, 3.8) is 0 Å². The Labute approximate surface area is 102 Å². The highest BCUT2D eigenvalue weighted by atomic mass is 14.9. The van der Waals surface area contributed by atoms with Crippen molar-refractivity contribution >= 4 is 11.5 Å². The zero-order valence-electron chi connectivity index (χ0n) is 10.1. The van der Waals surface area contributed by atoms with E-state index in [0.29, 0.717) is 5.84 Å². The molecule has 0 amide bonds. The van der Waals surface area contributed by atoms with E-state index in [1.165, 1.54) is 0 Å². The van der Waals surface area contributed by atoms with Crippen molar-refractivity contribution in [2.24, 2.45) is 10.7 Å². The summed E-state index contributed by atoms with van der Waals surface area (Å²) in [6, 6.07) is 16.0. The first kappa shape index (κ1) is 11.4. The fraction of sp³-hybridized carbons (Fsp3) is 0.133. The van der Waals surface area contributed by atoms with Crippen molar-refractivity contribution in [1.29, 1.82) is 0 Å². The van der Waals surface area contributed by atoms with E-state index in [1.807, 2.05) is 62.4 Å². The average Bonchev–Trinajstić information content (AvgIpc) is 2.32. The van der Waals surface area contributed by atoms with Gasteiger partial charge in [0.2, 0.25) is 0 Å². The van der Waals surface area contributed by atoms with E-state index >= 15 is 0 Å². The summed E-state index contributed by atoms with van der Waals surface area (Å²) in [6.07, 6.45) is 0. The largest absolute Gasteiger partial charge is 0.383 e. The molecule has 0 aliphatic rings. The van der Waals surface area contributed by atoms with Crippen LogP contribution in [0.3, 0.4) is 0 Å². The third-order valence-electron chi connectivity index (χ3n) is 2.78. The molecule has 0 atom stereocenters. The molecule has 0 spiro atoms. The molecule has 0 heterocycles. The van der Waals surface area contributed by atoms with Gasteiger partial charge in [-0.2, -0.15) is 0 Å². The molecule has 2 rings (SSSR count). The Bertz CT molecular complexity index is 556. The Kier molecular flexibility index (Phi) is 3.24. The lowest BCUT2D eigenvalue weighted by atomic mass is 10.1. The molecule has 0 aliphatic heterocycles. The number of para-hydroxylation sites is 1. The number of aliphatic imine (C=N–C) groups is 1. The highest BCUT2D eigenvalue weighted by Gasteiger charge is 2.02. The Morgan fingerprint density at radius 2 is 1.47 bits per heavy atom. The molecule has 17 heavy (non-hydrogen) atoms. The van der Waals surface area contributed by atoms with Crippen molar-refractivity contribution in [2.75, 3.05) is 0 Å². The van der Waals surface area contributed by atoms with Crippen LogP contribution in [0.2, 0.25) is 0 Å². The molecule has 86 valence electrons. The summed E-state index contributed by atoms with van der Waals surface area (Å²) in [5.74, 6) is 0.567. The lowest BCUT2D eigenvalue weighted by molar-refractivity contribution is 1.35. The number of hydrogen-bond donors (Lipinski definition) is 1. The third kappa shape index (κ3) is 2.53. The minimum absolute atomic E-state index is 0.567. The van der Waals surface area contributed by atoms with Crippen molar-refractivity contribution in [3.05, 3.63) is 65.2 Å². The van der Waals surface area contributed by atoms with Gasteiger partial charge in [-0.1, -0.05) is 42.5 Å². The van der Waals surface area contributed by atoms with Crippen LogP contribution < -0.4 is 5.73 Å². The van der Waals surface area contributed by atoms with Crippen LogP contribution in [0.4, 0.5) is 5.69 Å². The van der Waals surface area contributed by atoms with Crippen LogP contribution in [-0.2, 0) is 0 Å². The zero-order chi connectivity index (χ0) is 12.3. The van der Waals surface area contributed by atoms with Crippen LogP contribution in [0.25, 0.3) is 0 Å². The number of rotatable bonds is 2. The fourth-order valence-corrected chi connectivity index (χ4v) is 1.74. The minimum Gasteiger partial charge on any atom is -0.383 e. The zero-order valence-corrected chi connectivity index (χ0v) is 10.1. The number of benzene rings is 2. The molecule has 0 unspecified atom stereocenters. The predicted molar refractivity (Wildman–Crippen MR) is 72.7 cm³/mol. The normalized spacial score (nSPS) is 11.5. The van der Waals surface area contributed by atoms with Gasteiger partial charge in [-0.15, -0.1) is 0 Å². The second kappa shape index (κ2) is 4.83. The van der Waals surface area contributed by atoms with Gasteiger partial charge in [0, 0.05) is 5.56 Å². The van der Waals surface area contributed by atoms with E-state index < -0.39 is 0 Å². The Morgan fingerprint density at radius 1 is 0.882 bits per heavy atom. The average molecular weight is 224 g/mol. The van der Waals surface area contributed by atoms with Crippen LogP contribution in [0.1, 0.15) is 16.7 Å². The van der Waals surface area contributed by atoms with Gasteiger partial charge in [-0.3, -0.25) is 0 Å². The van der Waals surface area contributed by atoms with Gasteiger partial charge >= 0.3 is 0 Å². The highest BCUT2D eigenvalue weighted by molar-refractivity contribution is 6.00. The molecular weight excluding hydrogens is 208 g/mol. The van der Waals surface area contributed by atoms with E-state index in [1.54, 1.807) is 0 Å². The molecule has 2 nitrogen and oxygen atoms in total. The highest BCUT2D eigenvalue weighted by Crippen LogP contribution is 2.18. The molecule has 0 aromatic heterocycles. The summed E-state index contributed by atoms with van der Waals surface area (Å²) in [4.78, 5) is 4.48. The number of hydrogen-bond acceptors (Lipinski definition) is 1. The third-order valence-corrected chi connectivity index (χ3v) is 2.78. The molecule has 0 bridgehead atoms. The number of nitrogens with two attached hydrogens (primary N) is 1. The first-order valence-corrected chi connectivity index (χ1v) is 5.64. The van der Waals surface area contributed by atoms with Gasteiger partial charge in [-0.05, 0) is 31.0 Å². The van der Waals surface area contributed by atoms with Crippen LogP contribution >= 0.6 is 0 Å². The molecule has 0 saturated carbocycles. The Hall–Kier alpha value is -2.09. The molecule has 2 N–H and O–H groups in total. The van der Waals surface area contributed by atoms with Crippen molar-refractivity contribution in [2.45, 2.75) is 13.8 Å². The van der Waals surface area contributed by atoms with Gasteiger partial charge < -0.3 is 5.73 Å². The summed E-state index contributed by atoms with van der Waals surface area (Å²) in [5, 5.41) is 0. The van der Waals surface area contributed by atoms with Gasteiger partial charge in [0.05, 0.1) is 5.69 Å². The van der Waals surface area contributed by atoms with Crippen molar-refractivity contribution in [3.8, 4) is 0 Å². The number of nitrogens with zero attached hydrogens (tertiary/aromatic N) is 1. The standard InChI is InChI=1S/C15H16N2/c1-11-7-3-5-9-13(11)15(16)17-14-10-6-4-8-12(14)2/h3-10H,1-2H3,(H2,16,17). The summed E-state index contributed by atoms with van der Waals surface area (Å²) >= 11 is 0. The van der Waals surface area contributed by atoms with E-state index in [0.717, 1.165) is 22.4 Å². The summed E-state index contributed by atoms with van der Waals surface area (Å²) in [5.41, 5.74) is 10.2. The van der Waals surface area contributed by atoms with Crippen molar-refractivity contribution < 1.29 is 0 Å². The molecule has 0 radical (unpaired) electrons. The van der Waals surface area contributed by atoms with Gasteiger partial charge in [0.25, 0.3) is 0 Å². The SMILES string of the molecule is Cc1ccccc1N=C(N)c1ccccc1C. The fourth-order valence-electron chi connectivity index (χ4n) is 1.74. The molecular formula is C15H16N2. The van der Waals surface area contributed by atoms with Crippen LogP contribution in [-0.4, -0.2) is 5.84 Å². The Morgan fingerprint density at radius 3 is 2.12 bits per heavy atom. The van der Waals surface area contributed by atoms with E-state index in [9.17, 15) is 0 Å². The van der Waals surface area contributed by atoms with Crippen molar-refractivity contribution in [1.82, 2.24) is 0 Å². The summed E-state index contributed by atoms with van der Waals surface area (Å²) < 4.78 is 0. The van der Waals surface area contributed by atoms with Gasteiger partial charge in [0.1, 0.15) is 5.84 Å². The minimum atomic E-state index is 0.567. The molecule has 0 aliphatic carbocycles. The second-order valence-electron chi connectivity index (χ2n) is 4.10. The van der Waals surface area contributed by atoms with E-state index in [-0.39, 0.29) is 0 Å². The van der Waals surface area contributed by atoms with Crippen LogP contribution in [0, 0.1) is 13.8 Å². The Balaban J connectivity index is 2.42. The summed E-state index contributed by atoms with van der Waals surface area (Å²) in [6.45, 7) is 4.07. The number of amidine groups is 1. The van der Waals surface area contributed by atoms with Gasteiger partial charge in [0.15, 0.2) is 0 Å². The van der Waals surface area contributed by atoms with E-state index in [2.05, 4.69) is 4.99 Å². The smallest absolute Gasteiger partial charge is 0.131 e. The first-order valence-electron chi connectivity index (χ1n) is 5.64. The van der Waals surface area contributed by atoms with Crippen LogP contribution in [0.5, 0.6) is 0 Å². The topological polar surface area (TPSA) is 38.4 Å². The molecule has 2 aromatic carbocycles. The predicted octanol–water partition coefficient (Wildman–Crippen LogP) is 3.34. The number of aryl methyl sites for hydroxylation is 2. The lowest BCUT2D eigenvalue weighted by Crippen LogP contribution is -2.14. The maximum absolute atomic E-state index is 6.05. The maximum atomic E-state index is 6.05. The molecule has 0 saturated heterocycles. The van der Waals surface area contributed by atoms with Gasteiger partial charge in [-0.25, -0.2) is 4.99 Å². The first-order chi connectivity index (χ1) is 8.18. The molecule has 0 fully saturated rings. The summed E-state index contributed by atoms with van der Waals surface area (Å²) in [7, 11) is 0. The van der Waals surface area contributed by atoms with E-state index in [4.69, 9.17) is 5.73 Å². The molecule has 2 aromatic rings. The maximum Gasteiger partial charge on any atom is 0.131 e. The molecule has 2 heteroatoms.